The van der Waals surface area contributed by atoms with E-state index in [4.69, 9.17) is 25.8 Å². The molecule has 29 heavy (non-hydrogen) atoms. The van der Waals surface area contributed by atoms with E-state index in [0.29, 0.717) is 42.0 Å². The molecule has 0 atom stereocenters. The Hall–Kier alpha value is -2.49. The minimum absolute atomic E-state index is 0.0126. The van der Waals surface area contributed by atoms with Crippen molar-refractivity contribution in [2.75, 3.05) is 44.3 Å². The van der Waals surface area contributed by atoms with Crippen LogP contribution >= 0.6 is 11.6 Å². The molecule has 1 aliphatic heterocycles. The van der Waals surface area contributed by atoms with Gasteiger partial charge in [-0.2, -0.15) is 0 Å². The molecule has 1 amide bonds. The van der Waals surface area contributed by atoms with Crippen molar-refractivity contribution in [1.29, 1.82) is 0 Å². The molecule has 2 aromatic rings. The van der Waals surface area contributed by atoms with Crippen LogP contribution in [0.5, 0.6) is 11.5 Å². The summed E-state index contributed by atoms with van der Waals surface area (Å²) >= 11 is 5.93. The van der Waals surface area contributed by atoms with Crippen LogP contribution in [0.4, 0.5) is 5.69 Å². The number of amides is 1. The zero-order chi connectivity index (χ0) is 20.9. The van der Waals surface area contributed by atoms with Crippen LogP contribution in [0.1, 0.15) is 0 Å². The molecule has 1 N–H and O–H groups in total. The number of nitrogens with zero attached hydrogens (tertiary/aromatic N) is 1. The Kier molecular flexibility index (Phi) is 6.83. The number of ether oxygens (including phenoxy) is 3. The molecule has 0 aliphatic carbocycles. The summed E-state index contributed by atoms with van der Waals surface area (Å²) in [6.07, 6.45) is 0. The number of hydrogen-bond acceptors (Lipinski definition) is 6. The minimum Gasteiger partial charge on any atom is -0.486 e. The van der Waals surface area contributed by atoms with E-state index in [9.17, 15) is 13.2 Å². The van der Waals surface area contributed by atoms with Crippen molar-refractivity contribution in [3.05, 3.63) is 47.5 Å². The predicted molar refractivity (Wildman–Crippen MR) is 108 cm³/mol. The third kappa shape index (κ3) is 5.11. The van der Waals surface area contributed by atoms with E-state index in [2.05, 4.69) is 5.32 Å². The highest BCUT2D eigenvalue weighted by molar-refractivity contribution is 7.92. The van der Waals surface area contributed by atoms with E-state index in [1.807, 2.05) is 0 Å². The smallest absolute Gasteiger partial charge is 0.264 e. The second-order valence-corrected chi connectivity index (χ2v) is 8.44. The van der Waals surface area contributed by atoms with Gasteiger partial charge in [-0.1, -0.05) is 11.6 Å². The summed E-state index contributed by atoms with van der Waals surface area (Å²) in [5, 5.41) is 3.08. The van der Waals surface area contributed by atoms with Gasteiger partial charge >= 0.3 is 0 Å². The van der Waals surface area contributed by atoms with Crippen LogP contribution in [0.15, 0.2) is 47.4 Å². The Morgan fingerprint density at radius 2 is 1.83 bits per heavy atom. The van der Waals surface area contributed by atoms with Gasteiger partial charge in [-0.15, -0.1) is 0 Å². The van der Waals surface area contributed by atoms with Crippen molar-refractivity contribution in [3.8, 4) is 11.5 Å². The molecule has 0 aromatic heterocycles. The maximum Gasteiger partial charge on any atom is 0.264 e. The lowest BCUT2D eigenvalue weighted by Crippen LogP contribution is -2.41. The number of anilines is 1. The van der Waals surface area contributed by atoms with Gasteiger partial charge in [0.15, 0.2) is 11.5 Å². The first-order chi connectivity index (χ1) is 13.9. The lowest BCUT2D eigenvalue weighted by molar-refractivity contribution is -0.119. The highest BCUT2D eigenvalue weighted by Crippen LogP contribution is 2.34. The van der Waals surface area contributed by atoms with Crippen LogP contribution in [0.25, 0.3) is 0 Å². The average Bonchev–Trinajstić information content (AvgIpc) is 2.72. The first kappa shape index (κ1) is 21.2. The van der Waals surface area contributed by atoms with Crippen molar-refractivity contribution in [2.24, 2.45) is 0 Å². The molecule has 0 bridgehead atoms. The first-order valence-corrected chi connectivity index (χ1v) is 10.7. The SMILES string of the molecule is COCCNC(=O)CN(c1ccc(Cl)cc1)S(=O)(=O)c1ccc2c(c1)OCCO2. The normalized spacial score (nSPS) is 13.0. The van der Waals surface area contributed by atoms with Gasteiger partial charge in [0.1, 0.15) is 19.8 Å². The van der Waals surface area contributed by atoms with Gasteiger partial charge in [0, 0.05) is 24.7 Å². The molecule has 156 valence electrons. The van der Waals surface area contributed by atoms with E-state index in [1.165, 1.54) is 19.2 Å². The van der Waals surface area contributed by atoms with Gasteiger partial charge in [-0.3, -0.25) is 9.10 Å². The molecule has 0 spiro atoms. The number of carbonyl (C=O) groups is 1. The third-order valence-electron chi connectivity index (χ3n) is 4.13. The third-order valence-corrected chi connectivity index (χ3v) is 6.15. The number of hydrogen-bond donors (Lipinski definition) is 1. The van der Waals surface area contributed by atoms with Crippen molar-refractivity contribution >= 4 is 33.2 Å². The largest absolute Gasteiger partial charge is 0.486 e. The number of fused-ring (bicyclic) bond motifs is 1. The minimum atomic E-state index is -4.06. The molecular weight excluding hydrogens is 420 g/mol. The molecule has 1 aliphatic rings. The van der Waals surface area contributed by atoms with E-state index < -0.39 is 22.5 Å². The summed E-state index contributed by atoms with van der Waals surface area (Å²) in [6.45, 7) is 0.925. The van der Waals surface area contributed by atoms with E-state index in [-0.39, 0.29) is 11.4 Å². The number of halogens is 1. The zero-order valence-electron chi connectivity index (χ0n) is 15.8. The standard InChI is InChI=1S/C19H21ClN2O6S/c1-26-9-8-21-19(23)13-22(15-4-2-14(20)3-5-15)29(24,25)16-6-7-17-18(12-16)28-11-10-27-17/h2-7,12H,8-11,13H2,1H3,(H,21,23). The molecule has 0 unspecified atom stereocenters. The van der Waals surface area contributed by atoms with Gasteiger partial charge in [0.05, 0.1) is 17.2 Å². The highest BCUT2D eigenvalue weighted by Gasteiger charge is 2.28. The van der Waals surface area contributed by atoms with Crippen LogP contribution in [0.3, 0.4) is 0 Å². The van der Waals surface area contributed by atoms with Crippen LogP contribution in [-0.4, -0.2) is 54.3 Å². The maximum absolute atomic E-state index is 13.4. The predicted octanol–water partition coefficient (Wildman–Crippen LogP) is 2.07. The Morgan fingerprint density at radius 3 is 2.52 bits per heavy atom. The number of methoxy groups -OCH3 is 1. The van der Waals surface area contributed by atoms with Crippen LogP contribution < -0.4 is 19.1 Å². The Morgan fingerprint density at radius 1 is 1.14 bits per heavy atom. The number of sulfonamides is 1. The fraction of sp³-hybridized carbons (Fsp3) is 0.316. The second kappa shape index (κ2) is 9.34. The molecular formula is C19H21ClN2O6S. The highest BCUT2D eigenvalue weighted by atomic mass is 35.5. The summed E-state index contributed by atoms with van der Waals surface area (Å²) in [5.41, 5.74) is 0.311. The topological polar surface area (TPSA) is 94.2 Å². The van der Waals surface area contributed by atoms with Crippen molar-refractivity contribution in [1.82, 2.24) is 5.32 Å². The second-order valence-electron chi connectivity index (χ2n) is 6.14. The molecule has 0 fully saturated rings. The number of carbonyl (C=O) groups excluding carboxylic acids is 1. The quantitative estimate of drug-likeness (QED) is 0.631. The van der Waals surface area contributed by atoms with Crippen molar-refractivity contribution in [3.63, 3.8) is 0 Å². The average molecular weight is 441 g/mol. The van der Waals surface area contributed by atoms with E-state index >= 15 is 0 Å². The van der Waals surface area contributed by atoms with Crippen molar-refractivity contribution in [2.45, 2.75) is 4.90 Å². The summed E-state index contributed by atoms with van der Waals surface area (Å²) in [6, 6.07) is 10.6. The molecule has 0 saturated carbocycles. The van der Waals surface area contributed by atoms with Gasteiger partial charge in [0.2, 0.25) is 5.91 Å². The summed E-state index contributed by atoms with van der Waals surface area (Å²) in [7, 11) is -2.55. The molecule has 8 nitrogen and oxygen atoms in total. The lowest BCUT2D eigenvalue weighted by atomic mass is 10.3. The zero-order valence-corrected chi connectivity index (χ0v) is 17.3. The summed E-state index contributed by atoms with van der Waals surface area (Å²) in [5.74, 6) is 0.363. The van der Waals surface area contributed by atoms with Crippen LogP contribution in [0.2, 0.25) is 5.02 Å². The molecule has 1 heterocycles. The molecule has 2 aromatic carbocycles. The molecule has 0 saturated heterocycles. The Labute approximate surface area is 174 Å². The number of benzene rings is 2. The number of rotatable bonds is 8. The van der Waals surface area contributed by atoms with Crippen LogP contribution in [0, 0.1) is 0 Å². The van der Waals surface area contributed by atoms with E-state index in [1.54, 1.807) is 30.3 Å². The Bertz CT molecular complexity index is 965. The van der Waals surface area contributed by atoms with E-state index in [0.717, 1.165) is 4.31 Å². The van der Waals surface area contributed by atoms with Gasteiger partial charge in [0.25, 0.3) is 10.0 Å². The molecule has 3 rings (SSSR count). The van der Waals surface area contributed by atoms with Gasteiger partial charge in [-0.25, -0.2) is 8.42 Å². The number of nitrogens with one attached hydrogen (secondary N) is 1. The monoisotopic (exact) mass is 440 g/mol. The summed E-state index contributed by atoms with van der Waals surface area (Å²) < 4.78 is 43.6. The lowest BCUT2D eigenvalue weighted by Gasteiger charge is -2.25. The van der Waals surface area contributed by atoms with Gasteiger partial charge in [-0.05, 0) is 36.4 Å². The maximum atomic E-state index is 13.4. The first-order valence-electron chi connectivity index (χ1n) is 8.85. The van der Waals surface area contributed by atoms with Crippen molar-refractivity contribution < 1.29 is 27.4 Å². The fourth-order valence-corrected chi connectivity index (χ4v) is 4.28. The molecule has 0 radical (unpaired) electrons. The molecule has 10 heteroatoms. The van der Waals surface area contributed by atoms with Gasteiger partial charge < -0.3 is 19.5 Å². The fourth-order valence-electron chi connectivity index (χ4n) is 2.71. The summed E-state index contributed by atoms with van der Waals surface area (Å²) in [4.78, 5) is 12.3. The Balaban J connectivity index is 1.93. The van der Waals surface area contributed by atoms with Crippen LogP contribution in [-0.2, 0) is 19.6 Å².